The Morgan fingerprint density at radius 2 is 2.18 bits per heavy atom. The van der Waals surface area contributed by atoms with Gasteiger partial charge in [-0.05, 0) is 30.2 Å². The number of rotatable bonds is 1. The molecule has 2 nitrogen and oxygen atoms in total. The zero-order valence-corrected chi connectivity index (χ0v) is 10.5. The van der Waals surface area contributed by atoms with Crippen LogP contribution in [0.4, 0.5) is 0 Å². The van der Waals surface area contributed by atoms with Crippen LogP contribution in [-0.4, -0.2) is 5.71 Å². The van der Waals surface area contributed by atoms with Crippen molar-refractivity contribution in [1.29, 1.82) is 0 Å². The van der Waals surface area contributed by atoms with Crippen LogP contribution in [0, 0.1) is 0 Å². The Bertz CT molecular complexity index is 558. The van der Waals surface area contributed by atoms with Crippen molar-refractivity contribution in [2.75, 3.05) is 0 Å². The first-order valence-corrected chi connectivity index (χ1v) is 6.15. The Morgan fingerprint density at radius 3 is 3.00 bits per heavy atom. The van der Waals surface area contributed by atoms with Crippen LogP contribution in [0.1, 0.15) is 18.2 Å². The summed E-state index contributed by atoms with van der Waals surface area (Å²) in [5.74, 6) is 0. The summed E-state index contributed by atoms with van der Waals surface area (Å²) in [5.41, 5.74) is 3.06. The number of allylic oxidation sites excluding steroid dienone is 3. The molecular weight excluding hydrogens is 255 g/mol. The molecule has 1 atom stereocenters. The fourth-order valence-electron chi connectivity index (χ4n) is 2.03. The van der Waals surface area contributed by atoms with Gasteiger partial charge in [-0.2, -0.15) is 0 Å². The SMILES string of the molecule is ClC1=C2CC=CC2=NC(c2cccc(Cl)c2)N1. The number of aliphatic imine (C=N–C) groups is 1. The molecule has 0 saturated heterocycles. The maximum atomic E-state index is 6.22. The summed E-state index contributed by atoms with van der Waals surface area (Å²) in [6.07, 6.45) is 4.78. The first-order valence-electron chi connectivity index (χ1n) is 5.39. The minimum Gasteiger partial charge on any atom is -0.350 e. The van der Waals surface area contributed by atoms with E-state index in [4.69, 9.17) is 23.2 Å². The van der Waals surface area contributed by atoms with E-state index in [1.54, 1.807) is 0 Å². The second kappa shape index (κ2) is 4.21. The Kier molecular flexibility index (Phi) is 2.69. The molecule has 0 bridgehead atoms. The first kappa shape index (κ1) is 10.9. The lowest BCUT2D eigenvalue weighted by molar-refractivity contribution is 0.635. The molecule has 0 spiro atoms. The van der Waals surface area contributed by atoms with Gasteiger partial charge in [0.15, 0.2) is 0 Å². The Balaban J connectivity index is 1.98. The summed E-state index contributed by atoms with van der Waals surface area (Å²) in [7, 11) is 0. The third kappa shape index (κ3) is 1.99. The molecule has 0 radical (unpaired) electrons. The van der Waals surface area contributed by atoms with E-state index in [1.807, 2.05) is 30.3 Å². The lowest BCUT2D eigenvalue weighted by Gasteiger charge is -2.22. The molecule has 1 N–H and O–H groups in total. The van der Waals surface area contributed by atoms with Crippen LogP contribution in [0.25, 0.3) is 0 Å². The van der Waals surface area contributed by atoms with Gasteiger partial charge in [0.05, 0.1) is 5.71 Å². The fraction of sp³-hybridized carbons (Fsp3) is 0.154. The molecule has 1 unspecified atom stereocenters. The summed E-state index contributed by atoms with van der Waals surface area (Å²) >= 11 is 12.2. The highest BCUT2D eigenvalue weighted by Gasteiger charge is 2.23. The minimum absolute atomic E-state index is 0.150. The highest BCUT2D eigenvalue weighted by molar-refractivity contribution is 6.33. The Hall–Kier alpha value is -1.25. The molecule has 86 valence electrons. The third-order valence-corrected chi connectivity index (χ3v) is 3.44. The van der Waals surface area contributed by atoms with E-state index in [9.17, 15) is 0 Å². The number of nitrogens with one attached hydrogen (secondary N) is 1. The summed E-state index contributed by atoms with van der Waals surface area (Å²) in [6.45, 7) is 0. The van der Waals surface area contributed by atoms with Crippen molar-refractivity contribution in [1.82, 2.24) is 5.32 Å². The van der Waals surface area contributed by atoms with Gasteiger partial charge in [-0.3, -0.25) is 4.99 Å². The molecule has 1 aromatic carbocycles. The van der Waals surface area contributed by atoms with Gasteiger partial charge in [0.25, 0.3) is 0 Å². The second-order valence-electron chi connectivity index (χ2n) is 4.02. The Labute approximate surface area is 110 Å². The predicted octanol–water partition coefficient (Wildman–Crippen LogP) is 3.79. The minimum atomic E-state index is -0.150. The molecule has 4 heteroatoms. The molecule has 1 aliphatic carbocycles. The predicted molar refractivity (Wildman–Crippen MR) is 71.4 cm³/mol. The molecule has 1 heterocycles. The molecule has 0 amide bonds. The van der Waals surface area contributed by atoms with Crippen LogP contribution < -0.4 is 5.32 Å². The molecule has 17 heavy (non-hydrogen) atoms. The third-order valence-electron chi connectivity index (χ3n) is 2.87. The number of hydrogen-bond donors (Lipinski definition) is 1. The van der Waals surface area contributed by atoms with Gasteiger partial charge in [0.2, 0.25) is 0 Å². The number of benzene rings is 1. The molecule has 0 saturated carbocycles. The van der Waals surface area contributed by atoms with Crippen molar-refractivity contribution in [3.05, 3.63) is 57.7 Å². The topological polar surface area (TPSA) is 24.4 Å². The van der Waals surface area contributed by atoms with Gasteiger partial charge < -0.3 is 5.32 Å². The van der Waals surface area contributed by atoms with Crippen molar-refractivity contribution in [3.8, 4) is 0 Å². The average Bonchev–Trinajstić information content (AvgIpc) is 2.77. The summed E-state index contributed by atoms with van der Waals surface area (Å²) < 4.78 is 0. The van der Waals surface area contributed by atoms with Crippen molar-refractivity contribution < 1.29 is 0 Å². The Morgan fingerprint density at radius 1 is 1.29 bits per heavy atom. The van der Waals surface area contributed by atoms with E-state index in [1.165, 1.54) is 0 Å². The summed E-state index contributed by atoms with van der Waals surface area (Å²) in [6, 6.07) is 7.65. The van der Waals surface area contributed by atoms with Gasteiger partial charge in [0, 0.05) is 10.6 Å². The van der Waals surface area contributed by atoms with Crippen molar-refractivity contribution >= 4 is 28.9 Å². The van der Waals surface area contributed by atoms with Gasteiger partial charge in [-0.25, -0.2) is 0 Å². The van der Waals surface area contributed by atoms with Crippen LogP contribution in [0.5, 0.6) is 0 Å². The van der Waals surface area contributed by atoms with Crippen LogP contribution in [0.2, 0.25) is 5.02 Å². The number of hydrogen-bond acceptors (Lipinski definition) is 2. The average molecular weight is 265 g/mol. The highest BCUT2D eigenvalue weighted by Crippen LogP contribution is 2.30. The van der Waals surface area contributed by atoms with E-state index < -0.39 is 0 Å². The van der Waals surface area contributed by atoms with E-state index in [0.717, 1.165) is 23.3 Å². The van der Waals surface area contributed by atoms with Gasteiger partial charge in [-0.15, -0.1) is 0 Å². The maximum Gasteiger partial charge on any atom is 0.146 e. The molecule has 1 aliphatic heterocycles. The standard InChI is InChI=1S/C13H10Cl2N2/c14-9-4-1-3-8(7-9)13-16-11-6-2-5-10(11)12(15)17-13/h1-4,6-7,13,17H,5H2. The molecule has 2 aliphatic rings. The number of nitrogens with zero attached hydrogens (tertiary/aromatic N) is 1. The lowest BCUT2D eigenvalue weighted by atomic mass is 10.1. The van der Waals surface area contributed by atoms with E-state index in [0.29, 0.717) is 10.2 Å². The highest BCUT2D eigenvalue weighted by atomic mass is 35.5. The van der Waals surface area contributed by atoms with Crippen LogP contribution in [0.3, 0.4) is 0 Å². The summed E-state index contributed by atoms with van der Waals surface area (Å²) in [4.78, 5) is 4.62. The summed E-state index contributed by atoms with van der Waals surface area (Å²) in [5, 5.41) is 4.58. The van der Waals surface area contributed by atoms with E-state index in [2.05, 4.69) is 16.4 Å². The molecule has 0 fully saturated rings. The largest absolute Gasteiger partial charge is 0.350 e. The number of halogens is 2. The van der Waals surface area contributed by atoms with Crippen LogP contribution in [0.15, 0.2) is 52.1 Å². The van der Waals surface area contributed by atoms with Gasteiger partial charge >= 0.3 is 0 Å². The molecule has 1 aromatic rings. The monoisotopic (exact) mass is 264 g/mol. The normalized spacial score (nSPS) is 22.2. The maximum absolute atomic E-state index is 6.22. The first-order chi connectivity index (χ1) is 8.24. The van der Waals surface area contributed by atoms with Crippen molar-refractivity contribution in [2.24, 2.45) is 4.99 Å². The quantitative estimate of drug-likeness (QED) is 0.767. The van der Waals surface area contributed by atoms with E-state index in [-0.39, 0.29) is 6.17 Å². The zero-order chi connectivity index (χ0) is 11.8. The van der Waals surface area contributed by atoms with Gasteiger partial charge in [-0.1, -0.05) is 41.4 Å². The fourth-order valence-corrected chi connectivity index (χ4v) is 2.51. The molecule has 3 rings (SSSR count). The number of fused-ring (bicyclic) bond motifs is 1. The molecular formula is C13H10Cl2N2. The lowest BCUT2D eigenvalue weighted by Crippen LogP contribution is -2.24. The molecule has 0 aromatic heterocycles. The smallest absolute Gasteiger partial charge is 0.146 e. The second-order valence-corrected chi connectivity index (χ2v) is 4.83. The van der Waals surface area contributed by atoms with Gasteiger partial charge in [0.1, 0.15) is 11.3 Å². The van der Waals surface area contributed by atoms with E-state index >= 15 is 0 Å². The van der Waals surface area contributed by atoms with Crippen LogP contribution >= 0.6 is 23.2 Å². The zero-order valence-electron chi connectivity index (χ0n) is 8.95. The van der Waals surface area contributed by atoms with Crippen LogP contribution in [-0.2, 0) is 0 Å². The van der Waals surface area contributed by atoms with Crippen molar-refractivity contribution in [2.45, 2.75) is 12.6 Å². The van der Waals surface area contributed by atoms with Crippen molar-refractivity contribution in [3.63, 3.8) is 0 Å².